The van der Waals surface area contributed by atoms with E-state index in [1.165, 1.54) is 19.3 Å². The van der Waals surface area contributed by atoms with E-state index in [9.17, 15) is 9.90 Å². The average molecular weight is 242 g/mol. The summed E-state index contributed by atoms with van der Waals surface area (Å²) in [4.78, 5) is 11.2. The molecule has 0 bridgehead atoms. The van der Waals surface area contributed by atoms with Crippen molar-refractivity contribution < 1.29 is 9.90 Å². The first-order valence-corrected chi connectivity index (χ1v) is 7.11. The normalized spacial score (nSPS) is 15.2. The van der Waals surface area contributed by atoms with E-state index in [0.29, 0.717) is 5.92 Å². The number of carboxylic acids is 1. The zero-order valence-electron chi connectivity index (χ0n) is 12.2. The van der Waals surface area contributed by atoms with Gasteiger partial charge in [0.1, 0.15) is 0 Å². The standard InChI is InChI=1S/C15H30O2/c1-6-7-13(9-8-11(2)3)10-14(12(4)5)15(16)17/h11-14H,6-10H2,1-5H3,(H,16,17). The van der Waals surface area contributed by atoms with E-state index in [1.54, 1.807) is 0 Å². The smallest absolute Gasteiger partial charge is 0.306 e. The molecule has 0 saturated carbocycles. The highest BCUT2D eigenvalue weighted by Gasteiger charge is 2.25. The van der Waals surface area contributed by atoms with Crippen LogP contribution in [-0.2, 0) is 4.79 Å². The molecule has 0 aliphatic rings. The third-order valence-corrected chi connectivity index (χ3v) is 3.56. The van der Waals surface area contributed by atoms with Gasteiger partial charge in [0.05, 0.1) is 5.92 Å². The van der Waals surface area contributed by atoms with Crippen LogP contribution in [0.4, 0.5) is 0 Å². The molecule has 0 aromatic rings. The molecule has 0 aromatic carbocycles. The lowest BCUT2D eigenvalue weighted by Gasteiger charge is -2.23. The van der Waals surface area contributed by atoms with Gasteiger partial charge in [-0.15, -0.1) is 0 Å². The van der Waals surface area contributed by atoms with Crippen LogP contribution in [0.3, 0.4) is 0 Å². The first-order valence-electron chi connectivity index (χ1n) is 7.11. The van der Waals surface area contributed by atoms with Crippen LogP contribution in [0.5, 0.6) is 0 Å². The van der Waals surface area contributed by atoms with Gasteiger partial charge in [-0.05, 0) is 24.2 Å². The van der Waals surface area contributed by atoms with Crippen LogP contribution in [0.25, 0.3) is 0 Å². The van der Waals surface area contributed by atoms with Gasteiger partial charge < -0.3 is 5.11 Å². The van der Waals surface area contributed by atoms with Gasteiger partial charge in [0, 0.05) is 0 Å². The molecule has 0 saturated heterocycles. The topological polar surface area (TPSA) is 37.3 Å². The molecule has 1 N–H and O–H groups in total. The number of carboxylic acid groups (broad SMARTS) is 1. The second-order valence-corrected chi connectivity index (χ2v) is 6.05. The fourth-order valence-corrected chi connectivity index (χ4v) is 2.37. The molecule has 0 aliphatic carbocycles. The molecule has 2 nitrogen and oxygen atoms in total. The second-order valence-electron chi connectivity index (χ2n) is 6.05. The molecule has 0 fully saturated rings. The Kier molecular flexibility index (Phi) is 8.28. The Balaban J connectivity index is 4.33. The third-order valence-electron chi connectivity index (χ3n) is 3.56. The molecule has 2 heteroatoms. The van der Waals surface area contributed by atoms with Crippen LogP contribution >= 0.6 is 0 Å². The number of aliphatic carboxylic acids is 1. The van der Waals surface area contributed by atoms with E-state index in [2.05, 4.69) is 20.8 Å². The zero-order chi connectivity index (χ0) is 13.4. The molecule has 2 atom stereocenters. The van der Waals surface area contributed by atoms with Gasteiger partial charge in [0.15, 0.2) is 0 Å². The summed E-state index contributed by atoms with van der Waals surface area (Å²) in [6, 6.07) is 0. The van der Waals surface area contributed by atoms with Gasteiger partial charge in [-0.1, -0.05) is 60.3 Å². The van der Waals surface area contributed by atoms with Crippen LogP contribution in [-0.4, -0.2) is 11.1 Å². The van der Waals surface area contributed by atoms with Gasteiger partial charge >= 0.3 is 5.97 Å². The summed E-state index contributed by atoms with van der Waals surface area (Å²) in [5.74, 6) is 0.762. The van der Waals surface area contributed by atoms with Crippen molar-refractivity contribution in [2.75, 3.05) is 0 Å². The maximum Gasteiger partial charge on any atom is 0.306 e. The summed E-state index contributed by atoms with van der Waals surface area (Å²) in [5, 5.41) is 9.24. The van der Waals surface area contributed by atoms with Crippen molar-refractivity contribution in [2.45, 2.75) is 66.7 Å². The van der Waals surface area contributed by atoms with E-state index in [4.69, 9.17) is 0 Å². The predicted octanol–water partition coefficient (Wildman–Crippen LogP) is 4.59. The summed E-state index contributed by atoms with van der Waals surface area (Å²) in [5.41, 5.74) is 0. The summed E-state index contributed by atoms with van der Waals surface area (Å²) in [6.45, 7) is 10.7. The molecule has 2 unspecified atom stereocenters. The Hall–Kier alpha value is -0.530. The minimum absolute atomic E-state index is 0.168. The lowest BCUT2D eigenvalue weighted by Crippen LogP contribution is -2.23. The Bertz CT molecular complexity index is 209. The molecule has 17 heavy (non-hydrogen) atoms. The van der Waals surface area contributed by atoms with Crippen LogP contribution in [0.15, 0.2) is 0 Å². The molecule has 0 heterocycles. The Labute approximate surface area is 107 Å². The zero-order valence-corrected chi connectivity index (χ0v) is 12.2. The quantitative estimate of drug-likeness (QED) is 0.642. The van der Waals surface area contributed by atoms with Crippen molar-refractivity contribution in [3.8, 4) is 0 Å². The van der Waals surface area contributed by atoms with Gasteiger partial charge in [-0.2, -0.15) is 0 Å². The van der Waals surface area contributed by atoms with Gasteiger partial charge in [-0.3, -0.25) is 4.79 Å². The molecule has 0 aliphatic heterocycles. The van der Waals surface area contributed by atoms with Gasteiger partial charge in [0.2, 0.25) is 0 Å². The highest BCUT2D eigenvalue weighted by atomic mass is 16.4. The average Bonchev–Trinajstić information content (AvgIpc) is 2.20. The predicted molar refractivity (Wildman–Crippen MR) is 73.1 cm³/mol. The molecular formula is C15H30O2. The van der Waals surface area contributed by atoms with Crippen molar-refractivity contribution in [1.82, 2.24) is 0 Å². The van der Waals surface area contributed by atoms with Crippen LogP contribution < -0.4 is 0 Å². The second kappa shape index (κ2) is 8.54. The first-order chi connectivity index (χ1) is 7.88. The van der Waals surface area contributed by atoms with Gasteiger partial charge in [0.25, 0.3) is 0 Å². The Morgan fingerprint density at radius 2 is 1.65 bits per heavy atom. The van der Waals surface area contributed by atoms with E-state index in [0.717, 1.165) is 18.8 Å². The monoisotopic (exact) mass is 242 g/mol. The van der Waals surface area contributed by atoms with Crippen LogP contribution in [0, 0.1) is 23.7 Å². The molecular weight excluding hydrogens is 212 g/mol. The molecule has 0 amide bonds. The van der Waals surface area contributed by atoms with Crippen molar-refractivity contribution in [1.29, 1.82) is 0 Å². The molecule has 102 valence electrons. The Morgan fingerprint density at radius 3 is 2.00 bits per heavy atom. The summed E-state index contributed by atoms with van der Waals surface area (Å²) in [7, 11) is 0. The number of hydrogen-bond donors (Lipinski definition) is 1. The van der Waals surface area contributed by atoms with Crippen LogP contribution in [0.1, 0.15) is 66.7 Å². The summed E-state index contributed by atoms with van der Waals surface area (Å²) < 4.78 is 0. The lowest BCUT2D eigenvalue weighted by molar-refractivity contribution is -0.144. The summed E-state index contributed by atoms with van der Waals surface area (Å²) >= 11 is 0. The van der Waals surface area contributed by atoms with Gasteiger partial charge in [-0.25, -0.2) is 0 Å². The maximum atomic E-state index is 11.2. The number of carbonyl (C=O) groups is 1. The van der Waals surface area contributed by atoms with Crippen LogP contribution in [0.2, 0.25) is 0 Å². The molecule has 0 spiro atoms. The summed E-state index contributed by atoms with van der Waals surface area (Å²) in [6.07, 6.45) is 5.58. The van der Waals surface area contributed by atoms with E-state index < -0.39 is 5.97 Å². The van der Waals surface area contributed by atoms with Crippen molar-refractivity contribution in [3.05, 3.63) is 0 Å². The lowest BCUT2D eigenvalue weighted by atomic mass is 9.81. The fraction of sp³-hybridized carbons (Fsp3) is 0.933. The molecule has 0 rings (SSSR count). The molecule has 0 radical (unpaired) electrons. The largest absolute Gasteiger partial charge is 0.481 e. The van der Waals surface area contributed by atoms with Crippen molar-refractivity contribution in [2.24, 2.45) is 23.7 Å². The van der Waals surface area contributed by atoms with E-state index in [-0.39, 0.29) is 11.8 Å². The fourth-order valence-electron chi connectivity index (χ4n) is 2.37. The van der Waals surface area contributed by atoms with Crippen molar-refractivity contribution in [3.63, 3.8) is 0 Å². The van der Waals surface area contributed by atoms with Crippen molar-refractivity contribution >= 4 is 5.97 Å². The SMILES string of the molecule is CCCC(CCC(C)C)CC(C(=O)O)C(C)C. The number of rotatable bonds is 9. The Morgan fingerprint density at radius 1 is 1.06 bits per heavy atom. The van der Waals surface area contributed by atoms with E-state index in [1.807, 2.05) is 13.8 Å². The van der Waals surface area contributed by atoms with E-state index >= 15 is 0 Å². The minimum Gasteiger partial charge on any atom is -0.481 e. The highest BCUT2D eigenvalue weighted by molar-refractivity contribution is 5.70. The third kappa shape index (κ3) is 7.40. The molecule has 0 aromatic heterocycles. The number of hydrogen-bond acceptors (Lipinski definition) is 1. The maximum absolute atomic E-state index is 11.2. The minimum atomic E-state index is -0.620. The first kappa shape index (κ1) is 16.5. The highest BCUT2D eigenvalue weighted by Crippen LogP contribution is 2.28.